The highest BCUT2D eigenvalue weighted by Crippen LogP contribution is 2.40. The van der Waals surface area contributed by atoms with E-state index in [-0.39, 0.29) is 6.61 Å². The summed E-state index contributed by atoms with van der Waals surface area (Å²) in [5, 5.41) is 9.34. The van der Waals surface area contributed by atoms with Crippen LogP contribution in [0.25, 0.3) is 0 Å². The van der Waals surface area contributed by atoms with Gasteiger partial charge in [-0.2, -0.15) is 4.98 Å². The van der Waals surface area contributed by atoms with Crippen molar-refractivity contribution in [2.45, 2.75) is 32.3 Å². The van der Waals surface area contributed by atoms with E-state index < -0.39 is 0 Å². The summed E-state index contributed by atoms with van der Waals surface area (Å²) in [6.45, 7) is 1.76. The standard InChI is InChI=1S/C15H17N3O2/c1-9-13(16)17-14(10-6-7-10)18-15(9)20-12-5-3-2-4-11(12)8-19/h2-5,10,19H,6-8H2,1H3,(H2,16,17,18). The van der Waals surface area contributed by atoms with Crippen molar-refractivity contribution in [3.05, 3.63) is 41.2 Å². The second-order valence-corrected chi connectivity index (χ2v) is 5.04. The molecule has 0 spiro atoms. The first-order valence-corrected chi connectivity index (χ1v) is 6.69. The molecular weight excluding hydrogens is 254 g/mol. The lowest BCUT2D eigenvalue weighted by atomic mass is 10.2. The molecule has 3 N–H and O–H groups in total. The molecule has 0 bridgehead atoms. The summed E-state index contributed by atoms with van der Waals surface area (Å²) in [5.74, 6) is 2.69. The van der Waals surface area contributed by atoms with Gasteiger partial charge in [0.25, 0.3) is 0 Å². The molecule has 1 heterocycles. The van der Waals surface area contributed by atoms with Crippen LogP contribution in [0.3, 0.4) is 0 Å². The van der Waals surface area contributed by atoms with Gasteiger partial charge in [0.15, 0.2) is 0 Å². The Bertz CT molecular complexity index is 639. The minimum Gasteiger partial charge on any atom is -0.438 e. The predicted molar refractivity (Wildman–Crippen MR) is 75.6 cm³/mol. The van der Waals surface area contributed by atoms with Crippen LogP contribution < -0.4 is 10.5 Å². The van der Waals surface area contributed by atoms with Crippen LogP contribution in [0.5, 0.6) is 11.6 Å². The van der Waals surface area contributed by atoms with Gasteiger partial charge in [-0.05, 0) is 25.8 Å². The number of benzene rings is 1. The van der Waals surface area contributed by atoms with Gasteiger partial charge in [0.1, 0.15) is 17.4 Å². The highest BCUT2D eigenvalue weighted by atomic mass is 16.5. The molecule has 0 amide bonds. The zero-order chi connectivity index (χ0) is 14.1. The van der Waals surface area contributed by atoms with Crippen LogP contribution in [0.15, 0.2) is 24.3 Å². The molecule has 0 radical (unpaired) electrons. The number of hydrogen-bond donors (Lipinski definition) is 2. The fourth-order valence-corrected chi connectivity index (χ4v) is 1.99. The molecule has 1 saturated carbocycles. The zero-order valence-electron chi connectivity index (χ0n) is 11.3. The van der Waals surface area contributed by atoms with Crippen molar-refractivity contribution in [2.24, 2.45) is 0 Å². The molecule has 5 nitrogen and oxygen atoms in total. The van der Waals surface area contributed by atoms with Crippen molar-refractivity contribution < 1.29 is 9.84 Å². The van der Waals surface area contributed by atoms with Crippen molar-refractivity contribution in [3.63, 3.8) is 0 Å². The summed E-state index contributed by atoms with van der Waals surface area (Å²) in [5.41, 5.74) is 7.37. The van der Waals surface area contributed by atoms with E-state index in [1.165, 1.54) is 0 Å². The first-order valence-electron chi connectivity index (χ1n) is 6.69. The Morgan fingerprint density at radius 2 is 2.05 bits per heavy atom. The van der Waals surface area contributed by atoms with Crippen molar-refractivity contribution in [1.82, 2.24) is 9.97 Å². The van der Waals surface area contributed by atoms with Gasteiger partial charge in [0, 0.05) is 11.5 Å². The Hall–Kier alpha value is -2.14. The third-order valence-corrected chi connectivity index (χ3v) is 3.45. The SMILES string of the molecule is Cc1c(N)nc(C2CC2)nc1Oc1ccccc1CO. The van der Waals surface area contributed by atoms with Gasteiger partial charge < -0.3 is 15.6 Å². The Kier molecular flexibility index (Phi) is 3.28. The summed E-state index contributed by atoms with van der Waals surface area (Å²) >= 11 is 0. The molecule has 0 unspecified atom stereocenters. The third-order valence-electron chi connectivity index (χ3n) is 3.45. The molecular formula is C15H17N3O2. The van der Waals surface area contributed by atoms with Crippen molar-refractivity contribution >= 4 is 5.82 Å². The van der Waals surface area contributed by atoms with Gasteiger partial charge >= 0.3 is 0 Å². The molecule has 1 aliphatic carbocycles. The molecule has 1 fully saturated rings. The Morgan fingerprint density at radius 3 is 2.75 bits per heavy atom. The number of hydrogen-bond acceptors (Lipinski definition) is 5. The Balaban J connectivity index is 1.97. The number of nitrogen functional groups attached to an aromatic ring is 1. The number of aromatic nitrogens is 2. The monoisotopic (exact) mass is 271 g/mol. The van der Waals surface area contributed by atoms with Gasteiger partial charge in [-0.15, -0.1) is 0 Å². The number of ether oxygens (including phenoxy) is 1. The molecule has 2 aromatic rings. The molecule has 20 heavy (non-hydrogen) atoms. The second kappa shape index (κ2) is 5.09. The molecule has 1 aromatic heterocycles. The average Bonchev–Trinajstić information content (AvgIpc) is 3.28. The average molecular weight is 271 g/mol. The normalized spacial score (nSPS) is 14.3. The summed E-state index contributed by atoms with van der Waals surface area (Å²) in [4.78, 5) is 8.79. The molecule has 5 heteroatoms. The van der Waals surface area contributed by atoms with E-state index >= 15 is 0 Å². The molecule has 3 rings (SSSR count). The van der Waals surface area contributed by atoms with Gasteiger partial charge in [-0.1, -0.05) is 18.2 Å². The van der Waals surface area contributed by atoms with Gasteiger partial charge in [0.05, 0.1) is 12.2 Å². The number of aliphatic hydroxyl groups is 1. The summed E-state index contributed by atoms with van der Waals surface area (Å²) in [7, 11) is 0. The van der Waals surface area contributed by atoms with E-state index in [4.69, 9.17) is 10.5 Å². The first-order chi connectivity index (χ1) is 9.69. The molecule has 0 atom stereocenters. The van der Waals surface area contributed by atoms with Crippen LogP contribution >= 0.6 is 0 Å². The fraction of sp³-hybridized carbons (Fsp3) is 0.333. The van der Waals surface area contributed by atoms with E-state index in [1.807, 2.05) is 25.1 Å². The summed E-state index contributed by atoms with van der Waals surface area (Å²) < 4.78 is 5.84. The topological polar surface area (TPSA) is 81.3 Å². The number of aliphatic hydroxyl groups excluding tert-OH is 1. The maximum absolute atomic E-state index is 9.34. The van der Waals surface area contributed by atoms with Crippen molar-refractivity contribution in [2.75, 3.05) is 5.73 Å². The lowest BCUT2D eigenvalue weighted by Crippen LogP contribution is -2.05. The van der Waals surface area contributed by atoms with E-state index in [9.17, 15) is 5.11 Å². The van der Waals surface area contributed by atoms with E-state index in [1.54, 1.807) is 6.07 Å². The maximum atomic E-state index is 9.34. The van der Waals surface area contributed by atoms with Crippen LogP contribution in [-0.2, 0) is 6.61 Å². The smallest absolute Gasteiger partial charge is 0.227 e. The highest BCUT2D eigenvalue weighted by Gasteiger charge is 2.28. The molecule has 1 aliphatic rings. The van der Waals surface area contributed by atoms with Crippen LogP contribution in [0, 0.1) is 6.92 Å². The summed E-state index contributed by atoms with van der Waals surface area (Å²) in [6, 6.07) is 7.34. The lowest BCUT2D eigenvalue weighted by molar-refractivity contribution is 0.276. The van der Waals surface area contributed by atoms with E-state index in [2.05, 4.69) is 9.97 Å². The van der Waals surface area contributed by atoms with Gasteiger partial charge in [-0.3, -0.25) is 0 Å². The minimum absolute atomic E-state index is 0.0781. The van der Waals surface area contributed by atoms with Crippen molar-refractivity contribution in [3.8, 4) is 11.6 Å². The van der Waals surface area contributed by atoms with Gasteiger partial charge in [-0.25, -0.2) is 4.98 Å². The van der Waals surface area contributed by atoms with Crippen LogP contribution in [0.1, 0.15) is 35.7 Å². The van der Waals surface area contributed by atoms with Crippen LogP contribution in [0.2, 0.25) is 0 Å². The minimum atomic E-state index is -0.0781. The maximum Gasteiger partial charge on any atom is 0.227 e. The molecule has 104 valence electrons. The summed E-state index contributed by atoms with van der Waals surface area (Å²) in [6.07, 6.45) is 2.21. The van der Waals surface area contributed by atoms with Crippen LogP contribution in [0.4, 0.5) is 5.82 Å². The molecule has 1 aromatic carbocycles. The molecule has 0 aliphatic heterocycles. The largest absolute Gasteiger partial charge is 0.438 e. The quantitative estimate of drug-likeness (QED) is 0.893. The predicted octanol–water partition coefficient (Wildman–Crippen LogP) is 2.53. The number of anilines is 1. The first kappa shape index (κ1) is 12.9. The van der Waals surface area contributed by atoms with Gasteiger partial charge in [0.2, 0.25) is 5.88 Å². The zero-order valence-corrected chi connectivity index (χ0v) is 11.3. The molecule has 0 saturated heterocycles. The number of nitrogens with zero attached hydrogens (tertiary/aromatic N) is 2. The van der Waals surface area contributed by atoms with E-state index in [0.29, 0.717) is 23.4 Å². The third kappa shape index (κ3) is 2.44. The lowest BCUT2D eigenvalue weighted by Gasteiger charge is -2.12. The van der Waals surface area contributed by atoms with Crippen molar-refractivity contribution in [1.29, 1.82) is 0 Å². The Morgan fingerprint density at radius 1 is 1.30 bits per heavy atom. The number of para-hydroxylation sites is 1. The second-order valence-electron chi connectivity index (χ2n) is 5.04. The van der Waals surface area contributed by atoms with Crippen LogP contribution in [-0.4, -0.2) is 15.1 Å². The highest BCUT2D eigenvalue weighted by molar-refractivity contribution is 5.47. The fourth-order valence-electron chi connectivity index (χ4n) is 1.99. The number of rotatable bonds is 4. The number of nitrogens with two attached hydrogens (primary N) is 1. The Labute approximate surface area is 117 Å². The van der Waals surface area contributed by atoms with E-state index in [0.717, 1.165) is 29.8 Å².